The number of pyridine rings is 1. The van der Waals surface area contributed by atoms with Gasteiger partial charge in [-0.05, 0) is 25.1 Å². The summed E-state index contributed by atoms with van der Waals surface area (Å²) < 4.78 is 28.9. The zero-order valence-electron chi connectivity index (χ0n) is 18.4. The van der Waals surface area contributed by atoms with Crippen LogP contribution in [0.25, 0.3) is 27.9 Å². The van der Waals surface area contributed by atoms with Crippen molar-refractivity contribution >= 4 is 28.4 Å². The fourth-order valence-corrected chi connectivity index (χ4v) is 3.29. The first-order chi connectivity index (χ1) is 15.5. The predicted molar refractivity (Wildman–Crippen MR) is 124 cm³/mol. The minimum Gasteiger partial charge on any atom is -0.371 e. The zero-order valence-corrected chi connectivity index (χ0v) is 18.4. The number of nitrogens with two attached hydrogens (primary N) is 1. The molecule has 1 aliphatic rings. The number of nitrogens with zero attached hydrogens (tertiary/aromatic N) is 6. The summed E-state index contributed by atoms with van der Waals surface area (Å²) in [6, 6.07) is 5.40. The van der Waals surface area contributed by atoms with Crippen molar-refractivity contribution in [1.29, 1.82) is 0 Å². The number of alkyl halides is 2. The van der Waals surface area contributed by atoms with E-state index >= 15 is 0 Å². The lowest BCUT2D eigenvalue weighted by atomic mass is 10.0. The van der Waals surface area contributed by atoms with Crippen molar-refractivity contribution < 1.29 is 8.78 Å². The normalized spacial score (nSPS) is 12.7. The molecule has 0 amide bonds. The van der Waals surface area contributed by atoms with Gasteiger partial charge in [-0.25, -0.2) is 23.3 Å². The predicted octanol–water partition coefficient (Wildman–Crippen LogP) is 4.70. The molecule has 1 fully saturated rings. The third-order valence-corrected chi connectivity index (χ3v) is 5.14. The summed E-state index contributed by atoms with van der Waals surface area (Å²) in [6.45, 7) is 7.24. The molecule has 4 aromatic heterocycles. The summed E-state index contributed by atoms with van der Waals surface area (Å²) in [5.74, 6) is 1.19. The Morgan fingerprint density at radius 3 is 2.38 bits per heavy atom. The van der Waals surface area contributed by atoms with Crippen LogP contribution in [0.5, 0.6) is 0 Å². The van der Waals surface area contributed by atoms with Crippen LogP contribution in [0, 0.1) is 6.92 Å². The molecule has 0 aliphatic heterocycles. The number of fused-ring (bicyclic) bond motifs is 2. The molecule has 0 bridgehead atoms. The maximum Gasteiger partial charge on any atom is 0.256 e. The lowest BCUT2D eigenvalue weighted by Gasteiger charge is -2.08. The first-order valence-corrected chi connectivity index (χ1v) is 10.4. The molecule has 1 saturated carbocycles. The molecule has 8 nitrogen and oxygen atoms in total. The van der Waals surface area contributed by atoms with Gasteiger partial charge in [0.15, 0.2) is 11.5 Å². The Bertz CT molecular complexity index is 1190. The Hall–Kier alpha value is -3.56. The van der Waals surface area contributed by atoms with Gasteiger partial charge in [0, 0.05) is 18.8 Å². The van der Waals surface area contributed by atoms with E-state index in [4.69, 9.17) is 5.73 Å². The zero-order chi connectivity index (χ0) is 23.3. The van der Waals surface area contributed by atoms with Gasteiger partial charge < -0.3 is 15.6 Å². The minimum absolute atomic E-state index is 0.137. The first kappa shape index (κ1) is 23.1. The van der Waals surface area contributed by atoms with Crippen molar-refractivity contribution in [3.05, 3.63) is 43.4 Å². The van der Waals surface area contributed by atoms with Crippen LogP contribution in [0.3, 0.4) is 0 Å². The third kappa shape index (κ3) is 4.68. The summed E-state index contributed by atoms with van der Waals surface area (Å²) in [5, 5.41) is 7.14. The van der Waals surface area contributed by atoms with Gasteiger partial charge in [0.2, 0.25) is 5.95 Å². The fraction of sp³-hybridized carbons (Fsp3) is 0.364. The molecule has 3 N–H and O–H groups in total. The minimum atomic E-state index is -2.49. The van der Waals surface area contributed by atoms with Gasteiger partial charge in [0.05, 0.1) is 12.2 Å². The van der Waals surface area contributed by atoms with Gasteiger partial charge in [-0.15, -0.1) is 18.3 Å². The van der Waals surface area contributed by atoms with Crippen LogP contribution in [0.2, 0.25) is 0 Å². The standard InChI is InChI=1S/C16H16F2N8.C4H8.C2H4/c1-8-21-11-4-3-10(22-15(11)25(8)7-12(17)18)9-5-6-26-13(9)14(20-2)23-16(19)24-26;1-2-4-3-1;1-2/h3-6,12H,7H2,1-2H3,(H3,19,20,23,24);1-4H2;1-2H2. The van der Waals surface area contributed by atoms with Crippen molar-refractivity contribution in [2.24, 2.45) is 0 Å². The second-order valence-corrected chi connectivity index (χ2v) is 7.21. The van der Waals surface area contributed by atoms with Crippen LogP contribution in [-0.2, 0) is 6.54 Å². The van der Waals surface area contributed by atoms with Crippen LogP contribution in [0.15, 0.2) is 37.6 Å². The van der Waals surface area contributed by atoms with E-state index in [-0.39, 0.29) is 5.95 Å². The molecule has 32 heavy (non-hydrogen) atoms. The summed E-state index contributed by atoms with van der Waals surface area (Å²) in [4.78, 5) is 13.1. The highest BCUT2D eigenvalue weighted by Gasteiger charge is 2.17. The average molecular weight is 443 g/mol. The molecule has 4 aromatic rings. The van der Waals surface area contributed by atoms with Crippen molar-refractivity contribution in [3.8, 4) is 11.3 Å². The summed E-state index contributed by atoms with van der Waals surface area (Å²) in [6.07, 6.45) is 5.26. The van der Waals surface area contributed by atoms with Crippen molar-refractivity contribution in [1.82, 2.24) is 29.1 Å². The van der Waals surface area contributed by atoms with E-state index in [0.29, 0.717) is 34.0 Å². The van der Waals surface area contributed by atoms with Gasteiger partial charge in [-0.2, -0.15) is 4.98 Å². The lowest BCUT2D eigenvalue weighted by molar-refractivity contribution is 0.127. The first-order valence-electron chi connectivity index (χ1n) is 10.4. The molecule has 0 aromatic carbocycles. The summed E-state index contributed by atoms with van der Waals surface area (Å²) in [7, 11) is 1.73. The van der Waals surface area contributed by atoms with E-state index in [1.807, 2.05) is 6.07 Å². The van der Waals surface area contributed by atoms with E-state index in [0.717, 1.165) is 5.56 Å². The van der Waals surface area contributed by atoms with Crippen LogP contribution >= 0.6 is 0 Å². The van der Waals surface area contributed by atoms with E-state index in [1.165, 1.54) is 30.3 Å². The van der Waals surface area contributed by atoms with Gasteiger partial charge in [0.1, 0.15) is 16.9 Å². The van der Waals surface area contributed by atoms with Crippen molar-refractivity contribution in [2.75, 3.05) is 18.1 Å². The van der Waals surface area contributed by atoms with E-state index in [2.05, 4.69) is 38.5 Å². The molecular weight excluding hydrogens is 414 g/mol. The molecule has 5 rings (SSSR count). The number of imidazole rings is 1. The Kier molecular flexibility index (Phi) is 7.34. The smallest absolute Gasteiger partial charge is 0.256 e. The highest BCUT2D eigenvalue weighted by atomic mass is 19.3. The number of nitrogens with one attached hydrogen (secondary N) is 1. The number of hydrogen-bond donors (Lipinski definition) is 2. The second-order valence-electron chi connectivity index (χ2n) is 7.21. The topological polar surface area (TPSA) is 99.0 Å². The van der Waals surface area contributed by atoms with E-state index in [1.54, 1.807) is 36.8 Å². The van der Waals surface area contributed by atoms with Gasteiger partial charge in [0.25, 0.3) is 6.43 Å². The quantitative estimate of drug-likeness (QED) is 0.445. The molecule has 170 valence electrons. The maximum absolute atomic E-state index is 12.9. The Morgan fingerprint density at radius 1 is 1.09 bits per heavy atom. The Labute approximate surface area is 185 Å². The third-order valence-electron chi connectivity index (χ3n) is 5.14. The number of halogens is 2. The number of aromatic nitrogens is 6. The fourth-order valence-electron chi connectivity index (χ4n) is 3.29. The average Bonchev–Trinajstić information content (AvgIpc) is 3.28. The molecule has 0 unspecified atom stereocenters. The number of nitrogen functional groups attached to an aromatic ring is 1. The molecule has 1 aliphatic carbocycles. The number of hydrogen-bond acceptors (Lipinski definition) is 6. The van der Waals surface area contributed by atoms with Crippen LogP contribution < -0.4 is 11.1 Å². The molecular formula is C22H28F2N8. The van der Waals surface area contributed by atoms with Crippen LogP contribution in [0.4, 0.5) is 20.5 Å². The van der Waals surface area contributed by atoms with E-state index < -0.39 is 13.0 Å². The highest BCUT2D eigenvalue weighted by molar-refractivity contribution is 5.89. The lowest BCUT2D eigenvalue weighted by Crippen LogP contribution is -2.09. The molecule has 4 heterocycles. The maximum atomic E-state index is 12.9. The van der Waals surface area contributed by atoms with Gasteiger partial charge in [-0.3, -0.25) is 0 Å². The highest BCUT2D eigenvalue weighted by Crippen LogP contribution is 2.30. The monoisotopic (exact) mass is 442 g/mol. The van der Waals surface area contributed by atoms with Gasteiger partial charge in [-0.1, -0.05) is 25.7 Å². The number of rotatable bonds is 4. The second kappa shape index (κ2) is 10.2. The molecule has 0 saturated heterocycles. The van der Waals surface area contributed by atoms with Crippen molar-refractivity contribution in [2.45, 2.75) is 45.6 Å². The van der Waals surface area contributed by atoms with Gasteiger partial charge >= 0.3 is 0 Å². The molecule has 0 spiro atoms. The Morgan fingerprint density at radius 2 is 1.78 bits per heavy atom. The summed E-state index contributed by atoms with van der Waals surface area (Å²) >= 11 is 0. The molecule has 10 heteroatoms. The van der Waals surface area contributed by atoms with Crippen molar-refractivity contribution in [3.63, 3.8) is 0 Å². The number of aryl methyl sites for hydroxylation is 1. The van der Waals surface area contributed by atoms with Crippen LogP contribution in [0.1, 0.15) is 31.5 Å². The van der Waals surface area contributed by atoms with Crippen LogP contribution in [-0.4, -0.2) is 42.6 Å². The SMILES string of the molecule is C1CCC1.C=C.CNc1nc(N)nn2ccc(-c3ccc4nc(C)n(CC(F)F)c4n3)c12. The summed E-state index contributed by atoms with van der Waals surface area (Å²) in [5.41, 5.74) is 8.78. The molecule has 0 radical (unpaired) electrons. The van der Waals surface area contributed by atoms with E-state index in [9.17, 15) is 8.78 Å². The Balaban J connectivity index is 0.000000426. The largest absolute Gasteiger partial charge is 0.371 e. The number of anilines is 2. The molecule has 0 atom stereocenters.